The quantitative estimate of drug-likeness (QED) is 0.0583. The molecule has 6 amide bonds. The number of anilines is 2. The minimum Gasteiger partial charge on any atom is -0.395 e. The number of nitrogens with zero attached hydrogens (tertiary/aromatic N) is 2. The normalized spacial score (nSPS) is 12.6. The lowest BCUT2D eigenvalue weighted by molar-refractivity contribution is -0.119. The molecule has 0 heterocycles. The molecule has 2 aromatic carbocycles. The van der Waals surface area contributed by atoms with Gasteiger partial charge in [0.25, 0.3) is 23.6 Å². The van der Waals surface area contributed by atoms with Gasteiger partial charge in [-0.15, -0.1) is 0 Å². The van der Waals surface area contributed by atoms with Crippen molar-refractivity contribution in [3.8, 4) is 0 Å². The van der Waals surface area contributed by atoms with Crippen molar-refractivity contribution in [2.24, 2.45) is 0 Å². The van der Waals surface area contributed by atoms with Crippen LogP contribution in [0, 0.1) is 21.4 Å². The zero-order chi connectivity index (χ0) is 45.6. The van der Waals surface area contributed by atoms with E-state index in [1.807, 2.05) is 0 Å². The van der Waals surface area contributed by atoms with Gasteiger partial charge in [0.1, 0.15) is 13.2 Å². The molecule has 0 fully saturated rings. The number of aliphatic hydroxyl groups excluding tert-OH is 9. The van der Waals surface area contributed by atoms with Gasteiger partial charge < -0.3 is 77.0 Å². The van der Waals surface area contributed by atoms with Crippen molar-refractivity contribution in [1.29, 1.82) is 0 Å². The van der Waals surface area contributed by atoms with Crippen molar-refractivity contribution < 1.29 is 74.7 Å². The van der Waals surface area contributed by atoms with Crippen molar-refractivity contribution in [3.05, 3.63) is 43.7 Å². The van der Waals surface area contributed by atoms with E-state index in [9.17, 15) is 74.7 Å². The molecule has 0 aliphatic heterocycles. The first-order valence-corrected chi connectivity index (χ1v) is 23.6. The highest BCUT2D eigenvalue weighted by molar-refractivity contribution is 14.1. The van der Waals surface area contributed by atoms with Crippen LogP contribution in [-0.4, -0.2) is 188 Å². The third kappa shape index (κ3) is 14.7. The lowest BCUT2D eigenvalue weighted by atomic mass is 10.1. The second kappa shape index (κ2) is 26.9. The predicted octanol–water partition coefficient (Wildman–Crippen LogP) is -1.73. The molecule has 2 unspecified atom stereocenters. The molecule has 0 bridgehead atoms. The van der Waals surface area contributed by atoms with Gasteiger partial charge in [0.2, 0.25) is 11.8 Å². The summed E-state index contributed by atoms with van der Waals surface area (Å²) in [5.41, 5.74) is -0.506. The van der Waals surface area contributed by atoms with Crippen molar-refractivity contribution >= 4 is 182 Å². The molecular formula is C33H40I6N6O15. The fourth-order valence-corrected chi connectivity index (χ4v) is 13.9. The van der Waals surface area contributed by atoms with E-state index in [-0.39, 0.29) is 81.2 Å². The standard InChI is InChI=1S/C33H40I6N6O15/c34-22-18(24(36)28(42-16(55)11-50)26(38)20(22)32(59)44(1-3-46)7-14(53)9-48)30(57)40-5-13(52)6-41-31(58)19-23(35)21(27(39)29(25(19)37)43-17(56)12-51)33(60)45(2-4-47)8-15(54)10-49/h13-15,46-54H,1-12H2,(H,40,57)(H,41,58)(H,42,55)(H,43,56). The zero-order valence-corrected chi connectivity index (χ0v) is 43.8. The van der Waals surface area contributed by atoms with E-state index >= 15 is 0 Å². The summed E-state index contributed by atoms with van der Waals surface area (Å²) in [7, 11) is 0. The summed E-state index contributed by atoms with van der Waals surface area (Å²) >= 11 is 10.5. The SMILES string of the molecule is O=C(CO)Nc1c(I)c(C(=O)NCC(O)CNC(=O)c2c(I)c(NC(=O)CO)c(I)c(C(=O)N(CCO)CC(O)CO)c2I)c(I)c(C(=O)N(CCO)CC(O)CO)c1I. The first-order chi connectivity index (χ1) is 28.3. The number of amides is 6. The third-order valence-electron chi connectivity index (χ3n) is 7.93. The Hall–Kier alpha value is -0.720. The van der Waals surface area contributed by atoms with Gasteiger partial charge in [-0.05, 0) is 136 Å². The van der Waals surface area contributed by atoms with E-state index in [0.29, 0.717) is 0 Å². The first-order valence-electron chi connectivity index (χ1n) is 17.1. The van der Waals surface area contributed by atoms with E-state index in [2.05, 4.69) is 21.3 Å². The van der Waals surface area contributed by atoms with Crippen LogP contribution in [0.1, 0.15) is 41.4 Å². The van der Waals surface area contributed by atoms with Crippen molar-refractivity contribution in [1.82, 2.24) is 20.4 Å². The van der Waals surface area contributed by atoms with Gasteiger partial charge in [-0.2, -0.15) is 0 Å². The summed E-state index contributed by atoms with van der Waals surface area (Å²) < 4.78 is 0.754. The zero-order valence-electron chi connectivity index (χ0n) is 30.9. The van der Waals surface area contributed by atoms with Crippen LogP contribution in [0.3, 0.4) is 0 Å². The molecule has 2 aromatic rings. The molecule has 0 aromatic heterocycles. The Labute approximate surface area is 424 Å². The number of halogens is 6. The maximum Gasteiger partial charge on any atom is 0.256 e. The van der Waals surface area contributed by atoms with Gasteiger partial charge >= 0.3 is 0 Å². The summed E-state index contributed by atoms with van der Waals surface area (Å²) in [5.74, 6) is -4.96. The van der Waals surface area contributed by atoms with Crippen LogP contribution in [0.2, 0.25) is 0 Å². The number of hydrogen-bond donors (Lipinski definition) is 13. The second-order valence-corrected chi connectivity index (χ2v) is 18.7. The molecule has 334 valence electrons. The van der Waals surface area contributed by atoms with E-state index < -0.39 is 106 Å². The molecule has 21 nitrogen and oxygen atoms in total. The summed E-state index contributed by atoms with van der Waals surface area (Å²) in [4.78, 5) is 81.9. The fraction of sp³-hybridized carbons (Fsp3) is 0.455. The number of carbonyl (C=O) groups is 6. The Bertz CT molecular complexity index is 1800. The Kier molecular flexibility index (Phi) is 24.9. The summed E-state index contributed by atoms with van der Waals surface area (Å²) in [5, 5.41) is 97.8. The third-order valence-corrected chi connectivity index (χ3v) is 14.4. The molecule has 60 heavy (non-hydrogen) atoms. The number of benzene rings is 2. The number of hydrogen-bond acceptors (Lipinski definition) is 15. The molecular weight excluding hydrogens is 1480 g/mol. The summed E-state index contributed by atoms with van der Waals surface area (Å²) in [6, 6.07) is 0. The molecule has 2 atom stereocenters. The smallest absolute Gasteiger partial charge is 0.256 e. The highest BCUT2D eigenvalue weighted by atomic mass is 127. The van der Waals surface area contributed by atoms with Gasteiger partial charge in [0.15, 0.2) is 0 Å². The number of rotatable bonds is 22. The molecule has 0 aliphatic carbocycles. The molecule has 2 rings (SSSR count). The minimum atomic E-state index is -1.46. The van der Waals surface area contributed by atoms with Crippen LogP contribution in [0.25, 0.3) is 0 Å². The fourth-order valence-electron chi connectivity index (χ4n) is 5.08. The molecule has 0 radical (unpaired) electrons. The van der Waals surface area contributed by atoms with E-state index in [4.69, 9.17) is 0 Å². The lowest BCUT2D eigenvalue weighted by Gasteiger charge is -2.27. The van der Waals surface area contributed by atoms with Gasteiger partial charge in [-0.1, -0.05) is 0 Å². The maximum absolute atomic E-state index is 13.8. The van der Waals surface area contributed by atoms with Gasteiger partial charge in [0.05, 0.1) is 92.6 Å². The Balaban J connectivity index is 2.50. The predicted molar refractivity (Wildman–Crippen MR) is 263 cm³/mol. The van der Waals surface area contributed by atoms with Gasteiger partial charge in [0, 0.05) is 46.4 Å². The van der Waals surface area contributed by atoms with Gasteiger partial charge in [-0.25, -0.2) is 0 Å². The Morgan fingerprint density at radius 2 is 0.800 bits per heavy atom. The molecule has 0 saturated heterocycles. The minimum absolute atomic E-state index is 0.0122. The van der Waals surface area contributed by atoms with Crippen LogP contribution >= 0.6 is 136 Å². The maximum atomic E-state index is 13.8. The molecule has 0 aliphatic rings. The van der Waals surface area contributed by atoms with Crippen LogP contribution in [-0.2, 0) is 9.59 Å². The highest BCUT2D eigenvalue weighted by Gasteiger charge is 2.33. The average molecular weight is 1520 g/mol. The highest BCUT2D eigenvalue weighted by Crippen LogP contribution is 2.38. The van der Waals surface area contributed by atoms with Crippen molar-refractivity contribution in [3.63, 3.8) is 0 Å². The molecule has 13 N–H and O–H groups in total. The van der Waals surface area contributed by atoms with E-state index in [0.717, 1.165) is 9.80 Å². The van der Waals surface area contributed by atoms with Crippen molar-refractivity contribution in [2.75, 3.05) is 89.5 Å². The van der Waals surface area contributed by atoms with Crippen LogP contribution in [0.4, 0.5) is 11.4 Å². The van der Waals surface area contributed by atoms with Crippen LogP contribution in [0.5, 0.6) is 0 Å². The van der Waals surface area contributed by atoms with Gasteiger partial charge in [-0.3, -0.25) is 28.8 Å². The Morgan fingerprint density at radius 1 is 0.483 bits per heavy atom. The molecule has 27 heteroatoms. The lowest BCUT2D eigenvalue weighted by Crippen LogP contribution is -2.42. The van der Waals surface area contributed by atoms with E-state index in [1.165, 1.54) is 0 Å². The monoisotopic (exact) mass is 1520 g/mol. The molecule has 0 spiro atoms. The number of nitrogens with one attached hydrogen (secondary N) is 4. The largest absolute Gasteiger partial charge is 0.395 e. The van der Waals surface area contributed by atoms with Crippen molar-refractivity contribution in [2.45, 2.75) is 18.3 Å². The summed E-state index contributed by atoms with van der Waals surface area (Å²) in [6.07, 6.45) is -4.19. The first kappa shape index (κ1) is 55.4. The molecule has 0 saturated carbocycles. The van der Waals surface area contributed by atoms with Crippen LogP contribution in [0.15, 0.2) is 0 Å². The number of aliphatic hydroxyl groups is 9. The van der Waals surface area contributed by atoms with E-state index in [1.54, 1.807) is 136 Å². The number of carbonyl (C=O) groups excluding carboxylic acids is 6. The van der Waals surface area contributed by atoms with Crippen LogP contribution < -0.4 is 21.3 Å². The Morgan fingerprint density at radius 3 is 1.08 bits per heavy atom. The topological polar surface area (TPSA) is 339 Å². The second-order valence-electron chi connectivity index (χ2n) is 12.2. The summed E-state index contributed by atoms with van der Waals surface area (Å²) in [6.45, 7) is -6.56. The average Bonchev–Trinajstić information content (AvgIpc) is 3.21.